The molecule has 1 aromatic heterocycles. The number of hydrogen-bond acceptors (Lipinski definition) is 5. The van der Waals surface area contributed by atoms with E-state index >= 15 is 0 Å². The minimum Gasteiger partial charge on any atom is -0.382 e. The molecule has 0 amide bonds. The van der Waals surface area contributed by atoms with Gasteiger partial charge >= 0.3 is 5.69 Å². The molecule has 0 fully saturated rings. The summed E-state index contributed by atoms with van der Waals surface area (Å²) in [6, 6.07) is 0. The highest BCUT2D eigenvalue weighted by Gasteiger charge is 2.11. The van der Waals surface area contributed by atoms with Crippen molar-refractivity contribution in [3.8, 4) is 0 Å². The van der Waals surface area contributed by atoms with Gasteiger partial charge in [0.2, 0.25) is 0 Å². The van der Waals surface area contributed by atoms with Crippen LogP contribution in [0.15, 0.2) is 15.8 Å². The molecule has 0 atom stereocenters. The van der Waals surface area contributed by atoms with Crippen LogP contribution >= 0.6 is 0 Å². The molecule has 0 aliphatic heterocycles. The van der Waals surface area contributed by atoms with Crippen LogP contribution in [0.1, 0.15) is 17.3 Å². The maximum atomic E-state index is 11.8. The SMILES string of the molecule is COCCOCCn1cc(C(C)=O)c(=O)n(C)c1=O. The van der Waals surface area contributed by atoms with Gasteiger partial charge < -0.3 is 9.47 Å². The molecule has 0 aliphatic carbocycles. The van der Waals surface area contributed by atoms with Crippen molar-refractivity contribution in [3.63, 3.8) is 0 Å². The third-order valence-electron chi connectivity index (χ3n) is 2.64. The van der Waals surface area contributed by atoms with Crippen molar-refractivity contribution in [2.24, 2.45) is 7.05 Å². The maximum Gasteiger partial charge on any atom is 0.330 e. The first-order valence-electron chi connectivity index (χ1n) is 5.87. The Kier molecular flexibility index (Phi) is 5.65. The molecule has 0 radical (unpaired) electrons. The molecular weight excluding hydrogens is 252 g/mol. The molecule has 1 aromatic rings. The van der Waals surface area contributed by atoms with Crippen molar-refractivity contribution < 1.29 is 14.3 Å². The molecule has 1 rings (SSSR count). The zero-order valence-electron chi connectivity index (χ0n) is 11.3. The highest BCUT2D eigenvalue weighted by molar-refractivity contribution is 5.93. The summed E-state index contributed by atoms with van der Waals surface area (Å²) < 4.78 is 12.3. The molecule has 0 N–H and O–H groups in total. The van der Waals surface area contributed by atoms with Crippen molar-refractivity contribution in [2.75, 3.05) is 26.9 Å². The zero-order chi connectivity index (χ0) is 14.4. The van der Waals surface area contributed by atoms with E-state index in [0.717, 1.165) is 4.57 Å². The van der Waals surface area contributed by atoms with Crippen LogP contribution in [0.3, 0.4) is 0 Å². The largest absolute Gasteiger partial charge is 0.382 e. The van der Waals surface area contributed by atoms with Gasteiger partial charge in [-0.3, -0.25) is 18.7 Å². The van der Waals surface area contributed by atoms with E-state index in [1.54, 1.807) is 7.11 Å². The molecule has 1 heterocycles. The van der Waals surface area contributed by atoms with E-state index in [4.69, 9.17) is 9.47 Å². The van der Waals surface area contributed by atoms with Crippen LogP contribution in [-0.2, 0) is 23.1 Å². The van der Waals surface area contributed by atoms with Crippen LogP contribution in [-0.4, -0.2) is 41.8 Å². The quantitative estimate of drug-likeness (QED) is 0.489. The first kappa shape index (κ1) is 15.3. The molecule has 0 unspecified atom stereocenters. The van der Waals surface area contributed by atoms with E-state index < -0.39 is 11.2 Å². The summed E-state index contributed by atoms with van der Waals surface area (Å²) in [5.74, 6) is -0.366. The summed E-state index contributed by atoms with van der Waals surface area (Å²) in [6.45, 7) is 2.77. The number of rotatable bonds is 7. The molecule has 0 spiro atoms. The predicted molar refractivity (Wildman–Crippen MR) is 68.6 cm³/mol. The third kappa shape index (κ3) is 3.87. The number of carbonyl (C=O) groups excluding carboxylic acids is 1. The van der Waals surface area contributed by atoms with Gasteiger partial charge in [0.25, 0.3) is 5.56 Å². The summed E-state index contributed by atoms with van der Waals surface area (Å²) in [4.78, 5) is 34.8. The third-order valence-corrected chi connectivity index (χ3v) is 2.64. The molecule has 0 saturated carbocycles. The lowest BCUT2D eigenvalue weighted by Gasteiger charge is -2.09. The summed E-state index contributed by atoms with van der Waals surface area (Å²) >= 11 is 0. The van der Waals surface area contributed by atoms with Gasteiger partial charge in [-0.1, -0.05) is 0 Å². The van der Waals surface area contributed by atoms with E-state index in [2.05, 4.69) is 0 Å². The van der Waals surface area contributed by atoms with Gasteiger partial charge in [-0.25, -0.2) is 4.79 Å². The van der Waals surface area contributed by atoms with E-state index in [0.29, 0.717) is 19.8 Å². The summed E-state index contributed by atoms with van der Waals surface area (Å²) in [7, 11) is 2.92. The van der Waals surface area contributed by atoms with Crippen molar-refractivity contribution >= 4 is 5.78 Å². The molecule has 0 saturated heterocycles. The Labute approximate surface area is 110 Å². The average molecular weight is 270 g/mol. The summed E-state index contributed by atoms with van der Waals surface area (Å²) in [5.41, 5.74) is -1.04. The summed E-state index contributed by atoms with van der Waals surface area (Å²) in [5, 5.41) is 0. The second kappa shape index (κ2) is 7.01. The monoisotopic (exact) mass is 270 g/mol. The summed E-state index contributed by atoms with van der Waals surface area (Å²) in [6.07, 6.45) is 1.28. The van der Waals surface area contributed by atoms with Gasteiger partial charge in [0.1, 0.15) is 0 Å². The first-order valence-corrected chi connectivity index (χ1v) is 5.87. The van der Waals surface area contributed by atoms with Crippen LogP contribution in [0.4, 0.5) is 0 Å². The van der Waals surface area contributed by atoms with E-state index in [1.165, 1.54) is 24.7 Å². The lowest BCUT2D eigenvalue weighted by atomic mass is 10.2. The highest BCUT2D eigenvalue weighted by Crippen LogP contribution is 1.91. The fourth-order valence-corrected chi connectivity index (χ4v) is 1.54. The number of aromatic nitrogens is 2. The molecule has 19 heavy (non-hydrogen) atoms. The van der Waals surface area contributed by atoms with Crippen molar-refractivity contribution in [2.45, 2.75) is 13.5 Å². The van der Waals surface area contributed by atoms with Crippen LogP contribution in [0.5, 0.6) is 0 Å². The smallest absolute Gasteiger partial charge is 0.330 e. The second-order valence-corrected chi connectivity index (χ2v) is 4.04. The Bertz CT molecular complexity index is 558. The van der Waals surface area contributed by atoms with Crippen LogP contribution in [0, 0.1) is 0 Å². The predicted octanol–water partition coefficient (Wildman–Crippen LogP) is -0.587. The number of methoxy groups -OCH3 is 1. The fourth-order valence-electron chi connectivity index (χ4n) is 1.54. The zero-order valence-corrected chi connectivity index (χ0v) is 11.3. The molecular formula is C12H18N2O5. The minimum absolute atomic E-state index is 0.000934. The van der Waals surface area contributed by atoms with E-state index in [-0.39, 0.29) is 17.9 Å². The van der Waals surface area contributed by atoms with Gasteiger partial charge in [0.15, 0.2) is 5.78 Å². The Morgan fingerprint density at radius 1 is 1.26 bits per heavy atom. The molecule has 106 valence electrons. The van der Waals surface area contributed by atoms with Gasteiger partial charge in [-0.2, -0.15) is 0 Å². The number of carbonyl (C=O) groups is 1. The van der Waals surface area contributed by atoms with Gasteiger partial charge in [0.05, 0.1) is 31.9 Å². The van der Waals surface area contributed by atoms with Crippen LogP contribution in [0.2, 0.25) is 0 Å². The van der Waals surface area contributed by atoms with Crippen molar-refractivity contribution in [1.29, 1.82) is 0 Å². The lowest BCUT2D eigenvalue weighted by Crippen LogP contribution is -2.40. The normalized spacial score (nSPS) is 10.7. The van der Waals surface area contributed by atoms with Gasteiger partial charge in [-0.15, -0.1) is 0 Å². The Balaban J connectivity index is 2.87. The Morgan fingerprint density at radius 3 is 2.53 bits per heavy atom. The van der Waals surface area contributed by atoms with Crippen LogP contribution in [0.25, 0.3) is 0 Å². The van der Waals surface area contributed by atoms with Gasteiger partial charge in [-0.05, 0) is 6.92 Å². The average Bonchev–Trinajstić information content (AvgIpc) is 2.37. The minimum atomic E-state index is -0.575. The molecule has 7 heteroatoms. The van der Waals surface area contributed by atoms with Crippen molar-refractivity contribution in [1.82, 2.24) is 9.13 Å². The second-order valence-electron chi connectivity index (χ2n) is 4.04. The van der Waals surface area contributed by atoms with Crippen LogP contribution < -0.4 is 11.2 Å². The molecule has 0 aliphatic rings. The topological polar surface area (TPSA) is 79.5 Å². The molecule has 0 aromatic carbocycles. The number of hydrogen-bond donors (Lipinski definition) is 0. The molecule has 7 nitrogen and oxygen atoms in total. The number of Topliss-reactive ketones (excluding diaryl/α,β-unsaturated/α-hetero) is 1. The maximum absolute atomic E-state index is 11.8. The van der Waals surface area contributed by atoms with E-state index in [1.807, 2.05) is 0 Å². The van der Waals surface area contributed by atoms with Crippen molar-refractivity contribution in [3.05, 3.63) is 32.6 Å². The Morgan fingerprint density at radius 2 is 1.95 bits per heavy atom. The first-order chi connectivity index (χ1) is 8.99. The molecule has 0 bridgehead atoms. The fraction of sp³-hybridized carbons (Fsp3) is 0.583. The number of nitrogens with zero attached hydrogens (tertiary/aromatic N) is 2. The number of ketones is 1. The highest BCUT2D eigenvalue weighted by atomic mass is 16.5. The standard InChI is InChI=1S/C12H18N2O5/c1-9(15)10-8-14(4-5-19-7-6-18-3)12(17)13(2)11(10)16/h8H,4-7H2,1-3H3. The van der Waals surface area contributed by atoms with E-state index in [9.17, 15) is 14.4 Å². The number of ether oxygens (including phenoxy) is 2. The Hall–Kier alpha value is -1.73. The van der Waals surface area contributed by atoms with Gasteiger partial charge in [0, 0.05) is 20.4 Å². The lowest BCUT2D eigenvalue weighted by molar-refractivity contribution is 0.0659.